The van der Waals surface area contributed by atoms with Crippen molar-refractivity contribution >= 4 is 27.0 Å². The monoisotopic (exact) mass is 409 g/mol. The normalized spacial score (nSPS) is 20.8. The Bertz CT molecular complexity index is 1090. The van der Waals surface area contributed by atoms with Gasteiger partial charge in [-0.3, -0.25) is 4.79 Å². The summed E-state index contributed by atoms with van der Waals surface area (Å²) in [6.45, 7) is 10.6. The van der Waals surface area contributed by atoms with E-state index in [1.807, 2.05) is 43.3 Å². The van der Waals surface area contributed by atoms with Crippen LogP contribution in [0, 0.1) is 5.41 Å². The van der Waals surface area contributed by atoms with Gasteiger partial charge < -0.3 is 4.90 Å². The maximum Gasteiger partial charge on any atom is 0.163 e. The van der Waals surface area contributed by atoms with Gasteiger partial charge >= 0.3 is 0 Å². The van der Waals surface area contributed by atoms with Crippen LogP contribution in [0.15, 0.2) is 60.8 Å². The minimum atomic E-state index is -2.97. The first-order chi connectivity index (χ1) is 13.6. The molecule has 2 aliphatic rings. The van der Waals surface area contributed by atoms with E-state index in [1.165, 1.54) is 0 Å². The molecule has 0 bridgehead atoms. The van der Waals surface area contributed by atoms with Crippen molar-refractivity contribution in [2.45, 2.75) is 39.0 Å². The lowest BCUT2D eigenvalue weighted by Crippen LogP contribution is -2.49. The summed E-state index contributed by atoms with van der Waals surface area (Å²) in [6.07, 6.45) is 0.984. The predicted octanol–water partition coefficient (Wildman–Crippen LogP) is 5.03. The van der Waals surface area contributed by atoms with Crippen LogP contribution in [0.2, 0.25) is 0 Å². The van der Waals surface area contributed by atoms with Crippen molar-refractivity contribution in [3.63, 3.8) is 0 Å². The first kappa shape index (κ1) is 19.9. The maximum absolute atomic E-state index is 13.0. The fraction of sp³-hybridized carbons (Fsp3) is 0.375. The number of sulfone groups is 1. The molecule has 0 amide bonds. The van der Waals surface area contributed by atoms with Crippen LogP contribution in [0.25, 0.3) is 0 Å². The van der Waals surface area contributed by atoms with E-state index in [2.05, 4.69) is 37.5 Å². The molecule has 0 saturated carbocycles. The molecule has 0 N–H and O–H groups in total. The molecule has 5 heteroatoms. The van der Waals surface area contributed by atoms with E-state index in [9.17, 15) is 13.2 Å². The molecule has 4 nitrogen and oxygen atoms in total. The molecule has 2 aliphatic heterocycles. The number of carbonyl (C=O) groups is 1. The first-order valence-corrected chi connectivity index (χ1v) is 11.8. The number of carbonyl (C=O) groups excluding carboxylic acids is 1. The summed E-state index contributed by atoms with van der Waals surface area (Å²) in [5.74, 6) is 0.262. The van der Waals surface area contributed by atoms with Crippen LogP contribution in [0.4, 0.5) is 11.4 Å². The van der Waals surface area contributed by atoms with Crippen molar-refractivity contribution in [1.29, 1.82) is 0 Å². The lowest BCUT2D eigenvalue weighted by molar-refractivity contribution is 0.0924. The Balaban J connectivity index is 1.68. The van der Waals surface area contributed by atoms with Crippen LogP contribution in [-0.2, 0) is 15.3 Å². The average molecular weight is 410 g/mol. The molecule has 2 aromatic rings. The Morgan fingerprint density at radius 2 is 1.76 bits per heavy atom. The third kappa shape index (κ3) is 3.21. The number of nitrogens with zero attached hydrogens (tertiary/aromatic N) is 1. The van der Waals surface area contributed by atoms with Crippen LogP contribution in [0.1, 0.15) is 49.5 Å². The number of allylic oxidation sites excluding steroid dienone is 1. The van der Waals surface area contributed by atoms with E-state index in [1.54, 1.807) is 0 Å². The second-order valence-corrected chi connectivity index (χ2v) is 11.0. The van der Waals surface area contributed by atoms with Crippen LogP contribution in [0.5, 0.6) is 0 Å². The third-order valence-electron chi connectivity index (χ3n) is 6.58. The van der Waals surface area contributed by atoms with Gasteiger partial charge in [0.1, 0.15) is 0 Å². The zero-order chi connectivity index (χ0) is 21.0. The fourth-order valence-corrected chi connectivity index (χ4v) is 7.02. The molecule has 0 aromatic heterocycles. The van der Waals surface area contributed by atoms with Gasteiger partial charge in [-0.15, -0.1) is 0 Å². The Kier molecular flexibility index (Phi) is 4.50. The molecule has 0 unspecified atom stereocenters. The number of para-hydroxylation sites is 1. The number of fused-ring (bicyclic) bond motifs is 1. The van der Waals surface area contributed by atoms with Crippen molar-refractivity contribution < 1.29 is 13.2 Å². The first-order valence-electron chi connectivity index (χ1n) is 10.0. The summed E-state index contributed by atoms with van der Waals surface area (Å²) < 4.78 is 23.4. The van der Waals surface area contributed by atoms with Gasteiger partial charge in [-0.2, -0.15) is 0 Å². The number of hydrogen-bond donors (Lipinski definition) is 0. The second-order valence-electron chi connectivity index (χ2n) is 8.96. The fourth-order valence-electron chi connectivity index (χ4n) is 4.62. The average Bonchev–Trinajstić information content (AvgIpc) is 2.86. The van der Waals surface area contributed by atoms with E-state index in [4.69, 9.17) is 0 Å². The van der Waals surface area contributed by atoms with E-state index in [-0.39, 0.29) is 29.1 Å². The second kappa shape index (κ2) is 6.56. The SMILES string of the molecule is C=C1N(c2ccccc2)c2ccc(C(=O)CC3(CC)CS(=O)(=O)C3)cc2C1(C)C. The molecule has 0 spiro atoms. The largest absolute Gasteiger partial charge is 0.314 e. The Hall–Kier alpha value is -2.40. The van der Waals surface area contributed by atoms with Crippen molar-refractivity contribution in [3.05, 3.63) is 71.9 Å². The molecule has 29 heavy (non-hydrogen) atoms. The number of ketones is 1. The van der Waals surface area contributed by atoms with E-state index in [0.29, 0.717) is 12.0 Å². The number of Topliss-reactive ketones (excluding diaryl/α,β-unsaturated/α-hetero) is 1. The molecule has 0 atom stereocenters. The molecule has 4 rings (SSSR count). The lowest BCUT2D eigenvalue weighted by Gasteiger charge is -2.40. The van der Waals surface area contributed by atoms with Crippen molar-refractivity contribution in [2.24, 2.45) is 5.41 Å². The van der Waals surface area contributed by atoms with Crippen molar-refractivity contribution in [1.82, 2.24) is 0 Å². The van der Waals surface area contributed by atoms with Gasteiger partial charge in [0.25, 0.3) is 0 Å². The van der Waals surface area contributed by atoms with Crippen molar-refractivity contribution in [2.75, 3.05) is 16.4 Å². The Morgan fingerprint density at radius 1 is 1.10 bits per heavy atom. The Morgan fingerprint density at radius 3 is 2.34 bits per heavy atom. The molecule has 2 heterocycles. The quantitative estimate of drug-likeness (QED) is 0.650. The molecule has 152 valence electrons. The van der Waals surface area contributed by atoms with Crippen LogP contribution >= 0.6 is 0 Å². The molecule has 1 saturated heterocycles. The highest BCUT2D eigenvalue weighted by atomic mass is 32.2. The summed E-state index contributed by atoms with van der Waals surface area (Å²) in [4.78, 5) is 15.2. The summed E-state index contributed by atoms with van der Waals surface area (Å²) in [5, 5.41) is 0. The van der Waals surface area contributed by atoms with Gasteiger partial charge in [-0.05, 0) is 42.3 Å². The third-order valence-corrected chi connectivity index (χ3v) is 8.68. The van der Waals surface area contributed by atoms with Crippen LogP contribution < -0.4 is 4.90 Å². The standard InChI is InChI=1S/C24H27NO3S/c1-5-24(15-29(27,28)16-24)14-22(26)18-11-12-21-20(13-18)23(3,4)17(2)25(21)19-9-7-6-8-10-19/h6-13H,2,5,14-16H2,1,3-4H3. The van der Waals surface area contributed by atoms with Crippen molar-refractivity contribution in [3.8, 4) is 0 Å². The molecular weight excluding hydrogens is 382 g/mol. The topological polar surface area (TPSA) is 54.5 Å². The highest BCUT2D eigenvalue weighted by molar-refractivity contribution is 7.92. The number of rotatable bonds is 5. The van der Waals surface area contributed by atoms with Gasteiger partial charge in [0, 0.05) is 39.9 Å². The molecule has 1 fully saturated rings. The molecule has 0 radical (unpaired) electrons. The minimum absolute atomic E-state index is 0.0177. The van der Waals surface area contributed by atoms with Gasteiger partial charge in [0.15, 0.2) is 15.6 Å². The van der Waals surface area contributed by atoms with E-state index < -0.39 is 15.3 Å². The summed E-state index contributed by atoms with van der Waals surface area (Å²) in [7, 11) is -2.97. The minimum Gasteiger partial charge on any atom is -0.314 e. The summed E-state index contributed by atoms with van der Waals surface area (Å²) in [6, 6.07) is 15.9. The highest BCUT2D eigenvalue weighted by Crippen LogP contribution is 2.51. The Labute approximate surface area is 173 Å². The highest BCUT2D eigenvalue weighted by Gasteiger charge is 2.48. The molecular formula is C24H27NO3S. The van der Waals surface area contributed by atoms with Gasteiger partial charge in [0.2, 0.25) is 0 Å². The van der Waals surface area contributed by atoms with Gasteiger partial charge in [-0.1, -0.05) is 45.5 Å². The van der Waals surface area contributed by atoms with Gasteiger partial charge in [0.05, 0.1) is 11.5 Å². The lowest BCUT2D eigenvalue weighted by atomic mass is 9.80. The smallest absolute Gasteiger partial charge is 0.163 e. The molecule has 2 aromatic carbocycles. The summed E-state index contributed by atoms with van der Waals surface area (Å²) in [5.41, 5.74) is 4.08. The zero-order valence-electron chi connectivity index (χ0n) is 17.2. The zero-order valence-corrected chi connectivity index (χ0v) is 18.1. The van der Waals surface area contributed by atoms with Gasteiger partial charge in [-0.25, -0.2) is 8.42 Å². The van der Waals surface area contributed by atoms with E-state index in [0.717, 1.165) is 22.6 Å². The summed E-state index contributed by atoms with van der Waals surface area (Å²) >= 11 is 0. The van der Waals surface area contributed by atoms with Crippen LogP contribution in [-0.4, -0.2) is 25.7 Å². The maximum atomic E-state index is 13.0. The molecule has 0 aliphatic carbocycles. The predicted molar refractivity (Wildman–Crippen MR) is 118 cm³/mol. The van der Waals surface area contributed by atoms with E-state index >= 15 is 0 Å². The number of hydrogen-bond acceptors (Lipinski definition) is 4. The number of anilines is 2. The number of benzene rings is 2. The van der Waals surface area contributed by atoms with Crippen LogP contribution in [0.3, 0.4) is 0 Å².